The summed E-state index contributed by atoms with van der Waals surface area (Å²) in [6.07, 6.45) is 4.11. The molecule has 0 aliphatic carbocycles. The van der Waals surface area contributed by atoms with E-state index < -0.39 is 0 Å². The fraction of sp³-hybridized carbons (Fsp3) is 1.00. The lowest BCUT2D eigenvalue weighted by Crippen LogP contribution is -2.65. The molecule has 0 saturated carbocycles. The van der Waals surface area contributed by atoms with E-state index in [1.54, 1.807) is 0 Å². The second kappa shape index (κ2) is 4.19. The van der Waals surface area contributed by atoms with Gasteiger partial charge < -0.3 is 9.64 Å². The third-order valence-corrected chi connectivity index (χ3v) is 3.80. The molecule has 0 aromatic heterocycles. The van der Waals surface area contributed by atoms with Crippen molar-refractivity contribution in [3.63, 3.8) is 0 Å². The number of likely N-dealkylation sites (tertiary alicyclic amines) is 1. The molecule has 1 unspecified atom stereocenters. The average Bonchev–Trinajstić information content (AvgIpc) is 2.05. The third-order valence-electron chi connectivity index (χ3n) is 3.80. The van der Waals surface area contributed by atoms with Crippen molar-refractivity contribution in [1.82, 2.24) is 4.90 Å². The Bertz CT molecular complexity index is 181. The summed E-state index contributed by atoms with van der Waals surface area (Å²) in [6, 6.07) is 0. The Kier molecular flexibility index (Phi) is 3.13. The van der Waals surface area contributed by atoms with Crippen LogP contribution in [0.2, 0.25) is 0 Å². The van der Waals surface area contributed by atoms with Crippen LogP contribution < -0.4 is 0 Å². The van der Waals surface area contributed by atoms with Crippen LogP contribution in [0.5, 0.6) is 0 Å². The first kappa shape index (κ1) is 10.4. The summed E-state index contributed by atoms with van der Waals surface area (Å²) in [5.41, 5.74) is 0.608. The number of rotatable bonds is 5. The van der Waals surface area contributed by atoms with E-state index >= 15 is 0 Å². The standard InChI is InChI=1S/C12H23NO/c1-3-11(2)5-4-6-13-7-12(8-13)9-14-10-12/h11H,3-10H2,1-2H3. The Balaban J connectivity index is 1.52. The molecule has 0 bridgehead atoms. The Labute approximate surface area is 87.6 Å². The van der Waals surface area contributed by atoms with Crippen LogP contribution in [-0.4, -0.2) is 37.7 Å². The Morgan fingerprint density at radius 3 is 2.57 bits per heavy atom. The molecule has 0 amide bonds. The van der Waals surface area contributed by atoms with E-state index in [1.807, 2.05) is 0 Å². The van der Waals surface area contributed by atoms with E-state index in [0.29, 0.717) is 5.41 Å². The first-order valence-electron chi connectivity index (χ1n) is 6.04. The van der Waals surface area contributed by atoms with E-state index in [1.165, 1.54) is 38.9 Å². The molecule has 1 atom stereocenters. The average molecular weight is 197 g/mol. The summed E-state index contributed by atoms with van der Waals surface area (Å²) in [5.74, 6) is 0.914. The largest absolute Gasteiger partial charge is 0.380 e. The molecule has 2 heterocycles. The van der Waals surface area contributed by atoms with Crippen LogP contribution in [0.25, 0.3) is 0 Å². The SMILES string of the molecule is CCC(C)CCCN1CC2(COC2)C1. The Hall–Kier alpha value is -0.0800. The molecule has 2 nitrogen and oxygen atoms in total. The molecule has 2 heteroatoms. The van der Waals surface area contributed by atoms with E-state index in [2.05, 4.69) is 18.7 Å². The van der Waals surface area contributed by atoms with Crippen molar-refractivity contribution in [3.05, 3.63) is 0 Å². The third kappa shape index (κ3) is 2.12. The van der Waals surface area contributed by atoms with Gasteiger partial charge in [0.15, 0.2) is 0 Å². The number of ether oxygens (including phenoxy) is 1. The minimum absolute atomic E-state index is 0.608. The van der Waals surface area contributed by atoms with Crippen LogP contribution in [0, 0.1) is 11.3 Å². The van der Waals surface area contributed by atoms with Gasteiger partial charge in [-0.3, -0.25) is 0 Å². The predicted octanol–water partition coefficient (Wildman–Crippen LogP) is 2.14. The maximum absolute atomic E-state index is 5.26. The van der Waals surface area contributed by atoms with Crippen LogP contribution in [0.4, 0.5) is 0 Å². The molecular weight excluding hydrogens is 174 g/mol. The van der Waals surface area contributed by atoms with Crippen molar-refractivity contribution in [1.29, 1.82) is 0 Å². The second-order valence-electron chi connectivity index (χ2n) is 5.36. The van der Waals surface area contributed by atoms with E-state index in [4.69, 9.17) is 4.74 Å². The fourth-order valence-corrected chi connectivity index (χ4v) is 2.50. The van der Waals surface area contributed by atoms with Crippen LogP contribution >= 0.6 is 0 Å². The van der Waals surface area contributed by atoms with Gasteiger partial charge in [-0.1, -0.05) is 20.3 Å². The molecule has 2 fully saturated rings. The molecule has 0 aromatic rings. The lowest BCUT2D eigenvalue weighted by Gasteiger charge is -2.55. The molecule has 2 aliphatic heterocycles. The molecular formula is C12H23NO. The zero-order valence-corrected chi connectivity index (χ0v) is 9.59. The van der Waals surface area contributed by atoms with Gasteiger partial charge in [-0.15, -0.1) is 0 Å². The second-order valence-corrected chi connectivity index (χ2v) is 5.36. The summed E-state index contributed by atoms with van der Waals surface area (Å²) >= 11 is 0. The van der Waals surface area contributed by atoms with E-state index in [0.717, 1.165) is 19.1 Å². The molecule has 0 N–H and O–H groups in total. The minimum atomic E-state index is 0.608. The van der Waals surface area contributed by atoms with Gasteiger partial charge in [-0.2, -0.15) is 0 Å². The Morgan fingerprint density at radius 1 is 1.36 bits per heavy atom. The van der Waals surface area contributed by atoms with Gasteiger partial charge in [0, 0.05) is 18.5 Å². The van der Waals surface area contributed by atoms with Crippen LogP contribution in [0.3, 0.4) is 0 Å². The first-order chi connectivity index (χ1) is 6.74. The zero-order valence-electron chi connectivity index (χ0n) is 9.59. The smallest absolute Gasteiger partial charge is 0.0569 e. The quantitative estimate of drug-likeness (QED) is 0.669. The highest BCUT2D eigenvalue weighted by Gasteiger charge is 2.48. The van der Waals surface area contributed by atoms with Crippen molar-refractivity contribution < 1.29 is 4.74 Å². The molecule has 0 aromatic carbocycles. The van der Waals surface area contributed by atoms with Crippen molar-refractivity contribution in [2.24, 2.45) is 11.3 Å². The van der Waals surface area contributed by atoms with Crippen molar-refractivity contribution in [2.75, 3.05) is 32.8 Å². The zero-order chi connectivity index (χ0) is 10.0. The molecule has 14 heavy (non-hydrogen) atoms. The number of hydrogen-bond acceptors (Lipinski definition) is 2. The summed E-state index contributed by atoms with van der Waals surface area (Å²) in [6.45, 7) is 10.6. The normalized spacial score (nSPS) is 27.0. The van der Waals surface area contributed by atoms with Gasteiger partial charge in [0.25, 0.3) is 0 Å². The summed E-state index contributed by atoms with van der Waals surface area (Å²) < 4.78 is 5.26. The maximum Gasteiger partial charge on any atom is 0.0569 e. The number of nitrogens with zero attached hydrogens (tertiary/aromatic N) is 1. The van der Waals surface area contributed by atoms with Gasteiger partial charge in [-0.25, -0.2) is 0 Å². The van der Waals surface area contributed by atoms with E-state index in [9.17, 15) is 0 Å². The molecule has 0 radical (unpaired) electrons. The molecule has 2 rings (SSSR count). The molecule has 2 aliphatic rings. The fourth-order valence-electron chi connectivity index (χ4n) is 2.50. The van der Waals surface area contributed by atoms with E-state index in [-0.39, 0.29) is 0 Å². The Morgan fingerprint density at radius 2 is 2.07 bits per heavy atom. The lowest BCUT2D eigenvalue weighted by molar-refractivity contribution is -0.188. The van der Waals surface area contributed by atoms with Gasteiger partial charge in [-0.05, 0) is 25.3 Å². The maximum atomic E-state index is 5.26. The highest BCUT2D eigenvalue weighted by molar-refractivity contribution is 4.99. The predicted molar refractivity (Wildman–Crippen MR) is 58.4 cm³/mol. The summed E-state index contributed by atoms with van der Waals surface area (Å²) in [5, 5.41) is 0. The first-order valence-corrected chi connectivity index (χ1v) is 6.04. The topological polar surface area (TPSA) is 12.5 Å². The minimum Gasteiger partial charge on any atom is -0.380 e. The summed E-state index contributed by atoms with van der Waals surface area (Å²) in [4.78, 5) is 2.59. The van der Waals surface area contributed by atoms with Crippen molar-refractivity contribution in [3.8, 4) is 0 Å². The molecule has 82 valence electrons. The summed E-state index contributed by atoms with van der Waals surface area (Å²) in [7, 11) is 0. The molecule has 2 saturated heterocycles. The van der Waals surface area contributed by atoms with Crippen LogP contribution in [0.15, 0.2) is 0 Å². The van der Waals surface area contributed by atoms with Gasteiger partial charge >= 0.3 is 0 Å². The van der Waals surface area contributed by atoms with Crippen LogP contribution in [-0.2, 0) is 4.74 Å². The highest BCUT2D eigenvalue weighted by Crippen LogP contribution is 2.37. The molecule has 1 spiro atoms. The number of hydrogen-bond donors (Lipinski definition) is 0. The monoisotopic (exact) mass is 197 g/mol. The van der Waals surface area contributed by atoms with Gasteiger partial charge in [0.2, 0.25) is 0 Å². The van der Waals surface area contributed by atoms with Crippen molar-refractivity contribution in [2.45, 2.75) is 33.1 Å². The van der Waals surface area contributed by atoms with Gasteiger partial charge in [0.05, 0.1) is 13.2 Å². The lowest BCUT2D eigenvalue weighted by atomic mass is 9.78. The van der Waals surface area contributed by atoms with Gasteiger partial charge in [0.1, 0.15) is 0 Å². The van der Waals surface area contributed by atoms with Crippen molar-refractivity contribution >= 4 is 0 Å². The highest BCUT2D eigenvalue weighted by atomic mass is 16.5. The van der Waals surface area contributed by atoms with Crippen LogP contribution in [0.1, 0.15) is 33.1 Å².